The van der Waals surface area contributed by atoms with E-state index in [0.717, 1.165) is 4.31 Å². The van der Waals surface area contributed by atoms with Crippen LogP contribution >= 0.6 is 23.2 Å². The predicted octanol–water partition coefficient (Wildman–Crippen LogP) is 3.40. The first-order chi connectivity index (χ1) is 9.32. The van der Waals surface area contributed by atoms with Crippen molar-refractivity contribution in [2.45, 2.75) is 4.90 Å². The van der Waals surface area contributed by atoms with Gasteiger partial charge in [0, 0.05) is 17.8 Å². The van der Waals surface area contributed by atoms with Crippen molar-refractivity contribution >= 4 is 44.6 Å². The normalized spacial score (nSPS) is 11.3. The molecule has 0 aliphatic heterocycles. The zero-order valence-corrected chi connectivity index (χ0v) is 12.9. The van der Waals surface area contributed by atoms with Crippen LogP contribution in [-0.4, -0.2) is 15.5 Å². The van der Waals surface area contributed by atoms with Gasteiger partial charge in [-0.1, -0.05) is 23.2 Å². The second-order valence-electron chi connectivity index (χ2n) is 4.14. The van der Waals surface area contributed by atoms with Crippen LogP contribution in [0.4, 0.5) is 11.4 Å². The SMILES string of the molecule is CN(c1ccc(N)cc1)S(=O)(=O)c1ccc(Cl)cc1Cl. The average Bonchev–Trinajstić information content (AvgIpc) is 2.38. The standard InChI is InChI=1S/C13H12Cl2N2O2S/c1-17(11-5-3-10(16)4-6-11)20(18,19)13-7-2-9(14)8-12(13)15/h2-8H,16H2,1H3. The maximum Gasteiger partial charge on any atom is 0.265 e. The van der Waals surface area contributed by atoms with Crippen molar-refractivity contribution in [3.8, 4) is 0 Å². The molecule has 0 aliphatic carbocycles. The van der Waals surface area contributed by atoms with Crippen molar-refractivity contribution in [1.29, 1.82) is 0 Å². The molecule has 0 radical (unpaired) electrons. The molecule has 0 bridgehead atoms. The summed E-state index contributed by atoms with van der Waals surface area (Å²) in [6, 6.07) is 10.8. The zero-order chi connectivity index (χ0) is 14.9. The second-order valence-corrected chi connectivity index (χ2v) is 6.92. The molecule has 0 saturated heterocycles. The maximum absolute atomic E-state index is 12.5. The van der Waals surface area contributed by atoms with E-state index in [4.69, 9.17) is 28.9 Å². The Labute approximate surface area is 127 Å². The molecule has 0 spiro atoms. The number of hydrogen-bond acceptors (Lipinski definition) is 3. The molecule has 2 aromatic rings. The number of halogens is 2. The largest absolute Gasteiger partial charge is 0.399 e. The first-order valence-corrected chi connectivity index (χ1v) is 7.81. The molecule has 4 nitrogen and oxygen atoms in total. The third-order valence-corrected chi connectivity index (χ3v) is 5.29. The predicted molar refractivity (Wildman–Crippen MR) is 82.9 cm³/mol. The lowest BCUT2D eigenvalue weighted by molar-refractivity contribution is 0.594. The van der Waals surface area contributed by atoms with Gasteiger partial charge in [0.05, 0.1) is 10.7 Å². The number of hydrogen-bond donors (Lipinski definition) is 1. The van der Waals surface area contributed by atoms with Crippen LogP contribution in [0.5, 0.6) is 0 Å². The number of sulfonamides is 1. The van der Waals surface area contributed by atoms with Crippen molar-refractivity contribution in [3.05, 3.63) is 52.5 Å². The van der Waals surface area contributed by atoms with E-state index in [1.54, 1.807) is 24.3 Å². The minimum Gasteiger partial charge on any atom is -0.399 e. The van der Waals surface area contributed by atoms with Gasteiger partial charge in [-0.3, -0.25) is 4.31 Å². The van der Waals surface area contributed by atoms with E-state index in [0.29, 0.717) is 16.4 Å². The van der Waals surface area contributed by atoms with E-state index < -0.39 is 10.0 Å². The molecule has 0 unspecified atom stereocenters. The minimum absolute atomic E-state index is 0.00268. The number of anilines is 2. The summed E-state index contributed by atoms with van der Waals surface area (Å²) in [5, 5.41) is 0.462. The molecule has 0 aromatic heterocycles. The Morgan fingerprint density at radius 2 is 1.65 bits per heavy atom. The number of benzene rings is 2. The van der Waals surface area contributed by atoms with E-state index in [2.05, 4.69) is 0 Å². The van der Waals surface area contributed by atoms with Crippen LogP contribution in [0.2, 0.25) is 10.0 Å². The molecule has 2 rings (SSSR count). The van der Waals surface area contributed by atoms with Gasteiger partial charge in [-0.05, 0) is 42.5 Å². The van der Waals surface area contributed by atoms with Crippen LogP contribution in [0.3, 0.4) is 0 Å². The lowest BCUT2D eigenvalue weighted by Crippen LogP contribution is -2.26. The summed E-state index contributed by atoms with van der Waals surface area (Å²) in [5.41, 5.74) is 6.63. The molecule has 2 aromatic carbocycles. The average molecular weight is 331 g/mol. The van der Waals surface area contributed by atoms with Crippen LogP contribution in [-0.2, 0) is 10.0 Å². The molecule has 0 heterocycles. The van der Waals surface area contributed by atoms with Crippen molar-refractivity contribution in [3.63, 3.8) is 0 Å². The highest BCUT2D eigenvalue weighted by atomic mass is 35.5. The first-order valence-electron chi connectivity index (χ1n) is 5.62. The molecule has 106 valence electrons. The number of rotatable bonds is 3. The first kappa shape index (κ1) is 15.0. The second kappa shape index (κ2) is 5.52. The van der Waals surface area contributed by atoms with Gasteiger partial charge in [-0.15, -0.1) is 0 Å². The molecule has 0 atom stereocenters. The molecule has 20 heavy (non-hydrogen) atoms. The lowest BCUT2D eigenvalue weighted by atomic mass is 10.3. The van der Waals surface area contributed by atoms with Gasteiger partial charge in [0.25, 0.3) is 10.0 Å². The Morgan fingerprint density at radius 3 is 2.20 bits per heavy atom. The summed E-state index contributed by atoms with van der Waals surface area (Å²) < 4.78 is 26.2. The van der Waals surface area contributed by atoms with Crippen molar-refractivity contribution in [2.24, 2.45) is 0 Å². The van der Waals surface area contributed by atoms with Crippen molar-refractivity contribution in [1.82, 2.24) is 0 Å². The van der Waals surface area contributed by atoms with Crippen LogP contribution in [0.25, 0.3) is 0 Å². The fourth-order valence-electron chi connectivity index (χ4n) is 1.65. The maximum atomic E-state index is 12.5. The fourth-order valence-corrected chi connectivity index (χ4v) is 3.60. The number of nitrogens with two attached hydrogens (primary N) is 1. The van der Waals surface area contributed by atoms with E-state index >= 15 is 0 Å². The van der Waals surface area contributed by atoms with Gasteiger partial charge in [-0.2, -0.15) is 0 Å². The van der Waals surface area contributed by atoms with Gasteiger partial charge in [0.15, 0.2) is 0 Å². The van der Waals surface area contributed by atoms with Gasteiger partial charge in [0.1, 0.15) is 4.90 Å². The van der Waals surface area contributed by atoms with Crippen LogP contribution < -0.4 is 10.0 Å². The molecule has 0 saturated carbocycles. The smallest absolute Gasteiger partial charge is 0.265 e. The van der Waals surface area contributed by atoms with Crippen molar-refractivity contribution in [2.75, 3.05) is 17.1 Å². The third kappa shape index (κ3) is 2.85. The Bertz CT molecular complexity index is 731. The lowest BCUT2D eigenvalue weighted by Gasteiger charge is -2.20. The summed E-state index contributed by atoms with van der Waals surface area (Å²) in [6.45, 7) is 0. The Hall–Kier alpha value is -1.43. The topological polar surface area (TPSA) is 63.4 Å². The minimum atomic E-state index is -3.75. The third-order valence-electron chi connectivity index (χ3n) is 2.79. The monoisotopic (exact) mass is 330 g/mol. The molecular weight excluding hydrogens is 319 g/mol. The van der Waals surface area contributed by atoms with E-state index in [9.17, 15) is 8.42 Å². The highest BCUT2D eigenvalue weighted by molar-refractivity contribution is 7.93. The van der Waals surface area contributed by atoms with Gasteiger partial charge in [0.2, 0.25) is 0 Å². The summed E-state index contributed by atoms with van der Waals surface area (Å²) in [5.74, 6) is 0. The van der Waals surface area contributed by atoms with Crippen LogP contribution in [0.1, 0.15) is 0 Å². The van der Waals surface area contributed by atoms with Crippen LogP contribution in [0.15, 0.2) is 47.4 Å². The van der Waals surface area contributed by atoms with Gasteiger partial charge >= 0.3 is 0 Å². The number of nitrogens with zero attached hydrogens (tertiary/aromatic N) is 1. The quantitative estimate of drug-likeness (QED) is 0.877. The Morgan fingerprint density at radius 1 is 1.05 bits per heavy atom. The molecule has 7 heteroatoms. The van der Waals surface area contributed by atoms with Gasteiger partial charge in [-0.25, -0.2) is 8.42 Å². The summed E-state index contributed by atoms with van der Waals surface area (Å²) in [6.07, 6.45) is 0. The Kier molecular flexibility index (Phi) is 4.13. The van der Waals surface area contributed by atoms with E-state index in [1.807, 2.05) is 0 Å². The molecular formula is C13H12Cl2N2O2S. The highest BCUT2D eigenvalue weighted by Gasteiger charge is 2.24. The Balaban J connectivity index is 2.46. The van der Waals surface area contributed by atoms with Gasteiger partial charge < -0.3 is 5.73 Å². The molecule has 0 fully saturated rings. The molecule has 2 N–H and O–H groups in total. The number of nitrogen functional groups attached to an aromatic ring is 1. The van der Waals surface area contributed by atoms with E-state index in [1.165, 1.54) is 25.2 Å². The summed E-state index contributed by atoms with van der Waals surface area (Å²) in [7, 11) is -2.30. The fraction of sp³-hybridized carbons (Fsp3) is 0.0769. The summed E-state index contributed by atoms with van der Waals surface area (Å²) >= 11 is 11.7. The molecule has 0 amide bonds. The van der Waals surface area contributed by atoms with Crippen molar-refractivity contribution < 1.29 is 8.42 Å². The van der Waals surface area contributed by atoms with E-state index in [-0.39, 0.29) is 9.92 Å². The highest BCUT2D eigenvalue weighted by Crippen LogP contribution is 2.29. The summed E-state index contributed by atoms with van der Waals surface area (Å²) in [4.78, 5) is 0.00268. The zero-order valence-electron chi connectivity index (χ0n) is 10.5. The molecule has 0 aliphatic rings. The van der Waals surface area contributed by atoms with Crippen LogP contribution in [0, 0.1) is 0 Å².